The Morgan fingerprint density at radius 1 is 1.33 bits per heavy atom. The first-order chi connectivity index (χ1) is 13.1. The van der Waals surface area contributed by atoms with Crippen LogP contribution in [0.25, 0.3) is 10.9 Å². The average molecular weight is 370 g/mol. The van der Waals surface area contributed by atoms with Gasteiger partial charge in [-0.25, -0.2) is 4.98 Å². The van der Waals surface area contributed by atoms with E-state index in [1.807, 2.05) is 19.1 Å². The molecule has 144 valence electrons. The minimum absolute atomic E-state index is 0.0628. The number of non-ortho nitro benzene ring substituents is 1. The molecule has 2 saturated heterocycles. The zero-order valence-corrected chi connectivity index (χ0v) is 15.7. The molecular weight excluding hydrogens is 344 g/mol. The predicted octanol–water partition coefficient (Wildman–Crippen LogP) is 3.36. The zero-order valence-electron chi connectivity index (χ0n) is 15.7. The number of aryl methyl sites for hydroxylation is 1. The second-order valence-electron chi connectivity index (χ2n) is 7.69. The number of ether oxygens (including phenoxy) is 1. The Morgan fingerprint density at radius 3 is 2.85 bits per heavy atom. The SMILES string of the molecule is Cc1cc(NC2CCN(CC3CCOC3)CC2)c2cccc([N+](=O)[O-])c2n1. The standard InChI is InChI=1S/C20H26N4O3/c1-14-11-18(17-3-2-4-19(24(25)26)20(17)21-14)22-16-5-8-23(9-6-16)12-15-7-10-27-13-15/h2-4,11,15-16H,5-10,12-13H2,1H3,(H,21,22). The molecule has 0 saturated carbocycles. The normalized spacial score (nSPS) is 21.6. The maximum atomic E-state index is 11.3. The van der Waals surface area contributed by atoms with Crippen LogP contribution in [0.5, 0.6) is 0 Å². The molecule has 7 heteroatoms. The third-order valence-corrected chi connectivity index (χ3v) is 5.63. The van der Waals surface area contributed by atoms with Gasteiger partial charge in [-0.2, -0.15) is 0 Å². The summed E-state index contributed by atoms with van der Waals surface area (Å²) in [4.78, 5) is 17.9. The zero-order chi connectivity index (χ0) is 18.8. The van der Waals surface area contributed by atoms with Gasteiger partial charge in [0.1, 0.15) is 0 Å². The van der Waals surface area contributed by atoms with Crippen LogP contribution >= 0.6 is 0 Å². The molecule has 1 aromatic heterocycles. The fourth-order valence-electron chi connectivity index (χ4n) is 4.20. The lowest BCUT2D eigenvalue weighted by Crippen LogP contribution is -2.41. The summed E-state index contributed by atoms with van der Waals surface area (Å²) < 4.78 is 5.48. The monoisotopic (exact) mass is 370 g/mol. The predicted molar refractivity (Wildman–Crippen MR) is 105 cm³/mol. The number of para-hydroxylation sites is 1. The summed E-state index contributed by atoms with van der Waals surface area (Å²) in [5.41, 5.74) is 2.26. The number of aromatic nitrogens is 1. The molecule has 1 N–H and O–H groups in total. The Labute approximate surface area is 158 Å². The minimum atomic E-state index is -0.357. The van der Waals surface area contributed by atoms with Gasteiger partial charge in [-0.1, -0.05) is 12.1 Å². The second-order valence-corrected chi connectivity index (χ2v) is 7.69. The van der Waals surface area contributed by atoms with Crippen molar-refractivity contribution in [1.29, 1.82) is 0 Å². The van der Waals surface area contributed by atoms with E-state index in [2.05, 4.69) is 15.2 Å². The van der Waals surface area contributed by atoms with Crippen LogP contribution in [0.2, 0.25) is 0 Å². The van der Waals surface area contributed by atoms with Crippen LogP contribution in [0.15, 0.2) is 24.3 Å². The van der Waals surface area contributed by atoms with Gasteiger partial charge in [-0.15, -0.1) is 0 Å². The van der Waals surface area contributed by atoms with E-state index in [9.17, 15) is 10.1 Å². The van der Waals surface area contributed by atoms with Gasteiger partial charge in [0.2, 0.25) is 0 Å². The first-order valence-corrected chi connectivity index (χ1v) is 9.71. The molecule has 2 fully saturated rings. The van der Waals surface area contributed by atoms with Gasteiger partial charge in [0.05, 0.1) is 11.5 Å². The van der Waals surface area contributed by atoms with Crippen molar-refractivity contribution in [2.45, 2.75) is 32.2 Å². The Kier molecular flexibility index (Phi) is 5.22. The Hall–Kier alpha value is -2.25. The van der Waals surface area contributed by atoms with Crippen LogP contribution in [0.4, 0.5) is 11.4 Å². The molecule has 0 radical (unpaired) electrons. The van der Waals surface area contributed by atoms with Crippen molar-refractivity contribution in [3.05, 3.63) is 40.1 Å². The summed E-state index contributed by atoms with van der Waals surface area (Å²) in [6, 6.07) is 7.53. The molecule has 7 nitrogen and oxygen atoms in total. The highest BCUT2D eigenvalue weighted by atomic mass is 16.6. The quantitative estimate of drug-likeness (QED) is 0.642. The number of anilines is 1. The number of nitrogens with one attached hydrogen (secondary N) is 1. The van der Waals surface area contributed by atoms with Crippen LogP contribution in [-0.4, -0.2) is 53.7 Å². The van der Waals surface area contributed by atoms with E-state index in [1.54, 1.807) is 6.07 Å². The van der Waals surface area contributed by atoms with Gasteiger partial charge in [0.15, 0.2) is 5.52 Å². The summed E-state index contributed by atoms with van der Waals surface area (Å²) in [6.45, 7) is 6.99. The van der Waals surface area contributed by atoms with Gasteiger partial charge < -0.3 is 15.0 Å². The molecule has 1 aromatic carbocycles. The molecule has 1 atom stereocenters. The van der Waals surface area contributed by atoms with E-state index in [4.69, 9.17) is 4.74 Å². The third kappa shape index (κ3) is 4.04. The summed E-state index contributed by atoms with van der Waals surface area (Å²) in [7, 11) is 0. The van der Waals surface area contributed by atoms with Gasteiger partial charge >= 0.3 is 0 Å². The molecule has 3 heterocycles. The largest absolute Gasteiger partial charge is 0.382 e. The van der Waals surface area contributed by atoms with Crippen molar-refractivity contribution in [2.75, 3.05) is 38.2 Å². The van der Waals surface area contributed by atoms with Crippen molar-refractivity contribution < 1.29 is 9.66 Å². The van der Waals surface area contributed by atoms with Crippen molar-refractivity contribution in [1.82, 2.24) is 9.88 Å². The summed E-state index contributed by atoms with van der Waals surface area (Å²) in [6.07, 6.45) is 3.33. The number of fused-ring (bicyclic) bond motifs is 1. The number of hydrogen-bond acceptors (Lipinski definition) is 6. The van der Waals surface area contributed by atoms with Crippen LogP contribution in [0.1, 0.15) is 25.0 Å². The fourth-order valence-corrected chi connectivity index (χ4v) is 4.20. The summed E-state index contributed by atoms with van der Waals surface area (Å²) in [5.74, 6) is 0.682. The second kappa shape index (κ2) is 7.78. The van der Waals surface area contributed by atoms with Crippen LogP contribution in [-0.2, 0) is 4.74 Å². The maximum Gasteiger partial charge on any atom is 0.295 e. The van der Waals surface area contributed by atoms with Gasteiger partial charge in [-0.05, 0) is 38.2 Å². The number of rotatable bonds is 5. The van der Waals surface area contributed by atoms with Gasteiger partial charge in [0, 0.05) is 55.1 Å². The third-order valence-electron chi connectivity index (χ3n) is 5.63. The first kappa shape index (κ1) is 18.1. The molecule has 0 bridgehead atoms. The highest BCUT2D eigenvalue weighted by Crippen LogP contribution is 2.31. The number of benzene rings is 1. The first-order valence-electron chi connectivity index (χ1n) is 9.71. The van der Waals surface area contributed by atoms with E-state index in [1.165, 1.54) is 12.5 Å². The van der Waals surface area contributed by atoms with E-state index < -0.39 is 0 Å². The van der Waals surface area contributed by atoms with Crippen LogP contribution in [0.3, 0.4) is 0 Å². The number of nitro groups is 1. The van der Waals surface area contributed by atoms with Crippen molar-refractivity contribution in [3.8, 4) is 0 Å². The average Bonchev–Trinajstić information content (AvgIpc) is 3.15. The number of pyridine rings is 1. The van der Waals surface area contributed by atoms with Gasteiger partial charge in [-0.3, -0.25) is 10.1 Å². The molecule has 2 aliphatic rings. The van der Waals surface area contributed by atoms with E-state index in [0.29, 0.717) is 17.5 Å². The lowest BCUT2D eigenvalue weighted by molar-refractivity contribution is -0.383. The Morgan fingerprint density at radius 2 is 2.15 bits per heavy atom. The van der Waals surface area contributed by atoms with Crippen LogP contribution < -0.4 is 5.32 Å². The lowest BCUT2D eigenvalue weighted by Gasteiger charge is -2.34. The fraction of sp³-hybridized carbons (Fsp3) is 0.550. The molecule has 27 heavy (non-hydrogen) atoms. The Bertz CT molecular complexity index is 827. The smallest absolute Gasteiger partial charge is 0.295 e. The molecule has 1 unspecified atom stereocenters. The molecule has 0 spiro atoms. The molecule has 0 aliphatic carbocycles. The molecule has 0 amide bonds. The van der Waals surface area contributed by atoms with E-state index in [-0.39, 0.29) is 10.6 Å². The van der Waals surface area contributed by atoms with Crippen LogP contribution in [0, 0.1) is 23.0 Å². The molecular formula is C20H26N4O3. The van der Waals surface area contributed by atoms with E-state index >= 15 is 0 Å². The number of likely N-dealkylation sites (tertiary alicyclic amines) is 1. The van der Waals surface area contributed by atoms with Crippen molar-refractivity contribution in [2.24, 2.45) is 5.92 Å². The molecule has 4 rings (SSSR count). The summed E-state index contributed by atoms with van der Waals surface area (Å²) >= 11 is 0. The van der Waals surface area contributed by atoms with Gasteiger partial charge in [0.25, 0.3) is 5.69 Å². The highest BCUT2D eigenvalue weighted by molar-refractivity contribution is 5.96. The van der Waals surface area contributed by atoms with Crippen molar-refractivity contribution in [3.63, 3.8) is 0 Å². The van der Waals surface area contributed by atoms with Crippen molar-refractivity contribution >= 4 is 22.3 Å². The summed E-state index contributed by atoms with van der Waals surface area (Å²) in [5, 5.41) is 15.8. The number of nitrogens with zero attached hydrogens (tertiary/aromatic N) is 3. The Balaban J connectivity index is 1.46. The lowest BCUT2D eigenvalue weighted by atomic mass is 10.0. The number of hydrogen-bond donors (Lipinski definition) is 1. The number of nitro benzene ring substituents is 1. The topological polar surface area (TPSA) is 80.5 Å². The highest BCUT2D eigenvalue weighted by Gasteiger charge is 2.24. The molecule has 2 aromatic rings. The minimum Gasteiger partial charge on any atom is -0.382 e. The molecule has 2 aliphatic heterocycles. The maximum absolute atomic E-state index is 11.3. The number of piperidine rings is 1. The van der Waals surface area contributed by atoms with E-state index in [0.717, 1.165) is 62.5 Å².